The summed E-state index contributed by atoms with van der Waals surface area (Å²) < 4.78 is 5.80. The SMILES string of the molecule is Cc1cccc(C#N)c1-c1ccc(OCc2ccccc2)cc1. The first-order chi connectivity index (χ1) is 11.3. The van der Waals surface area contributed by atoms with Gasteiger partial charge in [-0.3, -0.25) is 0 Å². The molecular weight excluding hydrogens is 282 g/mol. The summed E-state index contributed by atoms with van der Waals surface area (Å²) in [5.74, 6) is 0.824. The number of hydrogen-bond acceptors (Lipinski definition) is 2. The molecule has 2 heteroatoms. The van der Waals surface area contributed by atoms with Crippen molar-refractivity contribution in [1.82, 2.24) is 0 Å². The van der Waals surface area contributed by atoms with E-state index in [2.05, 4.69) is 6.07 Å². The Bertz CT molecular complexity index is 830. The lowest BCUT2D eigenvalue weighted by Crippen LogP contribution is -1.95. The van der Waals surface area contributed by atoms with Gasteiger partial charge < -0.3 is 4.74 Å². The molecule has 0 amide bonds. The Hall–Kier alpha value is -3.05. The quantitative estimate of drug-likeness (QED) is 0.670. The van der Waals surface area contributed by atoms with Gasteiger partial charge in [0.05, 0.1) is 11.6 Å². The van der Waals surface area contributed by atoms with Gasteiger partial charge in [0, 0.05) is 5.56 Å². The van der Waals surface area contributed by atoms with E-state index in [1.165, 1.54) is 0 Å². The second-order valence-electron chi connectivity index (χ2n) is 5.41. The Morgan fingerprint density at radius 3 is 2.30 bits per heavy atom. The maximum Gasteiger partial charge on any atom is 0.119 e. The van der Waals surface area contributed by atoms with Crippen molar-refractivity contribution in [3.8, 4) is 22.9 Å². The minimum absolute atomic E-state index is 0.550. The van der Waals surface area contributed by atoms with Crippen LogP contribution < -0.4 is 4.74 Å². The number of rotatable bonds is 4. The second kappa shape index (κ2) is 6.81. The van der Waals surface area contributed by atoms with E-state index in [-0.39, 0.29) is 0 Å². The molecule has 0 N–H and O–H groups in total. The molecule has 0 aliphatic rings. The van der Waals surface area contributed by atoms with E-state index < -0.39 is 0 Å². The van der Waals surface area contributed by atoms with Crippen molar-refractivity contribution in [2.75, 3.05) is 0 Å². The van der Waals surface area contributed by atoms with Crippen molar-refractivity contribution in [2.45, 2.75) is 13.5 Å². The number of nitriles is 1. The number of ether oxygens (including phenoxy) is 1. The second-order valence-corrected chi connectivity index (χ2v) is 5.41. The van der Waals surface area contributed by atoms with Crippen LogP contribution in [0.1, 0.15) is 16.7 Å². The van der Waals surface area contributed by atoms with Crippen LogP contribution >= 0.6 is 0 Å². The molecule has 112 valence electrons. The van der Waals surface area contributed by atoms with Gasteiger partial charge in [-0.05, 0) is 41.8 Å². The highest BCUT2D eigenvalue weighted by molar-refractivity contribution is 5.74. The van der Waals surface area contributed by atoms with Crippen molar-refractivity contribution < 1.29 is 4.74 Å². The fourth-order valence-electron chi connectivity index (χ4n) is 2.60. The lowest BCUT2D eigenvalue weighted by molar-refractivity contribution is 0.306. The maximum absolute atomic E-state index is 9.29. The summed E-state index contributed by atoms with van der Waals surface area (Å²) in [7, 11) is 0. The van der Waals surface area contributed by atoms with Gasteiger partial charge in [-0.2, -0.15) is 5.26 Å². The smallest absolute Gasteiger partial charge is 0.119 e. The summed E-state index contributed by atoms with van der Waals surface area (Å²) in [5, 5.41) is 9.29. The maximum atomic E-state index is 9.29. The molecule has 0 atom stereocenters. The fourth-order valence-corrected chi connectivity index (χ4v) is 2.60. The van der Waals surface area contributed by atoms with Crippen LogP contribution in [0.3, 0.4) is 0 Å². The van der Waals surface area contributed by atoms with Gasteiger partial charge in [0.1, 0.15) is 12.4 Å². The normalized spacial score (nSPS) is 10.1. The summed E-state index contributed by atoms with van der Waals surface area (Å²) in [6.07, 6.45) is 0. The van der Waals surface area contributed by atoms with E-state index in [9.17, 15) is 5.26 Å². The number of nitrogens with zero attached hydrogens (tertiary/aromatic N) is 1. The third kappa shape index (κ3) is 3.41. The van der Waals surface area contributed by atoms with E-state index in [1.807, 2.05) is 79.7 Å². The van der Waals surface area contributed by atoms with Crippen molar-refractivity contribution in [2.24, 2.45) is 0 Å². The Kier molecular flexibility index (Phi) is 4.40. The molecular formula is C21H17NO. The van der Waals surface area contributed by atoms with Crippen molar-refractivity contribution in [3.05, 3.63) is 89.5 Å². The number of benzene rings is 3. The topological polar surface area (TPSA) is 33.0 Å². The first-order valence-corrected chi connectivity index (χ1v) is 7.55. The molecule has 0 aromatic heterocycles. The van der Waals surface area contributed by atoms with E-state index in [0.717, 1.165) is 28.0 Å². The zero-order valence-corrected chi connectivity index (χ0v) is 13.0. The van der Waals surface area contributed by atoms with Gasteiger partial charge in [0.25, 0.3) is 0 Å². The average Bonchev–Trinajstić information content (AvgIpc) is 2.61. The van der Waals surface area contributed by atoms with E-state index in [0.29, 0.717) is 12.2 Å². The third-order valence-corrected chi connectivity index (χ3v) is 3.78. The van der Waals surface area contributed by atoms with Gasteiger partial charge in [-0.25, -0.2) is 0 Å². The van der Waals surface area contributed by atoms with Crippen LogP contribution in [0.4, 0.5) is 0 Å². The minimum atomic E-state index is 0.550. The molecule has 3 aromatic carbocycles. The van der Waals surface area contributed by atoms with Gasteiger partial charge in [-0.15, -0.1) is 0 Å². The highest BCUT2D eigenvalue weighted by Gasteiger charge is 2.08. The first kappa shape index (κ1) is 14.9. The van der Waals surface area contributed by atoms with E-state index in [4.69, 9.17) is 4.74 Å². The molecule has 0 spiro atoms. The van der Waals surface area contributed by atoms with Crippen LogP contribution in [-0.4, -0.2) is 0 Å². The van der Waals surface area contributed by atoms with Gasteiger partial charge >= 0.3 is 0 Å². The molecule has 0 aliphatic carbocycles. The molecule has 0 saturated heterocycles. The standard InChI is InChI=1S/C21H17NO/c1-16-6-5-9-19(14-22)21(16)18-10-12-20(13-11-18)23-15-17-7-3-2-4-8-17/h2-13H,15H2,1H3. The zero-order valence-electron chi connectivity index (χ0n) is 13.0. The molecule has 0 heterocycles. The molecule has 0 saturated carbocycles. The molecule has 3 rings (SSSR count). The van der Waals surface area contributed by atoms with E-state index >= 15 is 0 Å². The Morgan fingerprint density at radius 2 is 1.61 bits per heavy atom. The summed E-state index contributed by atoms with van der Waals surface area (Å²) in [4.78, 5) is 0. The highest BCUT2D eigenvalue weighted by atomic mass is 16.5. The molecule has 0 unspecified atom stereocenters. The monoisotopic (exact) mass is 299 g/mol. The number of hydrogen-bond donors (Lipinski definition) is 0. The van der Waals surface area contributed by atoms with Crippen molar-refractivity contribution in [1.29, 1.82) is 5.26 Å². The van der Waals surface area contributed by atoms with Crippen molar-refractivity contribution in [3.63, 3.8) is 0 Å². The molecule has 0 aliphatic heterocycles. The number of aryl methyl sites for hydroxylation is 1. The first-order valence-electron chi connectivity index (χ1n) is 7.55. The lowest BCUT2D eigenvalue weighted by Gasteiger charge is -2.10. The van der Waals surface area contributed by atoms with Crippen LogP contribution in [0.25, 0.3) is 11.1 Å². The average molecular weight is 299 g/mol. The van der Waals surface area contributed by atoms with Crippen LogP contribution in [0.5, 0.6) is 5.75 Å². The predicted molar refractivity (Wildman–Crippen MR) is 92.1 cm³/mol. The molecule has 3 aromatic rings. The Morgan fingerprint density at radius 1 is 0.870 bits per heavy atom. The van der Waals surface area contributed by atoms with E-state index in [1.54, 1.807) is 0 Å². The molecule has 23 heavy (non-hydrogen) atoms. The fraction of sp³-hybridized carbons (Fsp3) is 0.0952. The molecule has 2 nitrogen and oxygen atoms in total. The molecule has 0 fully saturated rings. The van der Waals surface area contributed by atoms with Gasteiger partial charge in [-0.1, -0.05) is 54.6 Å². The summed E-state index contributed by atoms with van der Waals surface area (Å²) in [5.41, 5.74) is 4.96. The Balaban J connectivity index is 1.79. The minimum Gasteiger partial charge on any atom is -0.489 e. The summed E-state index contributed by atoms with van der Waals surface area (Å²) in [6.45, 7) is 2.57. The lowest BCUT2D eigenvalue weighted by atomic mass is 9.96. The zero-order chi connectivity index (χ0) is 16.1. The third-order valence-electron chi connectivity index (χ3n) is 3.78. The summed E-state index contributed by atoms with van der Waals surface area (Å²) in [6, 6.07) is 26.0. The predicted octanol–water partition coefficient (Wildman–Crippen LogP) is 5.11. The van der Waals surface area contributed by atoms with Crippen LogP contribution in [0.15, 0.2) is 72.8 Å². The molecule has 0 radical (unpaired) electrons. The van der Waals surface area contributed by atoms with Crippen LogP contribution in [0.2, 0.25) is 0 Å². The highest BCUT2D eigenvalue weighted by Crippen LogP contribution is 2.28. The Labute approximate surface area is 136 Å². The van der Waals surface area contributed by atoms with Gasteiger partial charge in [0.2, 0.25) is 0 Å². The van der Waals surface area contributed by atoms with Crippen LogP contribution in [0, 0.1) is 18.3 Å². The molecule has 0 bridgehead atoms. The largest absolute Gasteiger partial charge is 0.489 e. The summed E-state index contributed by atoms with van der Waals surface area (Å²) >= 11 is 0. The van der Waals surface area contributed by atoms with Gasteiger partial charge in [0.15, 0.2) is 0 Å². The van der Waals surface area contributed by atoms with Crippen molar-refractivity contribution >= 4 is 0 Å². The van der Waals surface area contributed by atoms with Crippen LogP contribution in [-0.2, 0) is 6.61 Å².